The van der Waals surface area contributed by atoms with Crippen LogP contribution < -0.4 is 15.5 Å². The number of nitrogens with one attached hydrogen (secondary N) is 2. The molecular weight excluding hydrogens is 326 g/mol. The number of carbonyl (C=O) groups is 2. The van der Waals surface area contributed by atoms with Crippen LogP contribution in [-0.2, 0) is 22.6 Å². The topological polar surface area (TPSA) is 61.4 Å². The predicted molar refractivity (Wildman–Crippen MR) is 103 cm³/mol. The van der Waals surface area contributed by atoms with Crippen LogP contribution in [0.2, 0.25) is 0 Å². The number of carbonyl (C=O) groups excluding carboxylic acids is 2. The lowest BCUT2D eigenvalue weighted by Crippen LogP contribution is -2.52. The van der Waals surface area contributed by atoms with Gasteiger partial charge in [0.2, 0.25) is 11.8 Å². The van der Waals surface area contributed by atoms with E-state index in [4.69, 9.17) is 0 Å². The number of fused-ring (bicyclic) bond motifs is 1. The summed E-state index contributed by atoms with van der Waals surface area (Å²) in [5.41, 5.74) is 3.13. The Bertz CT molecular complexity index is 776. The molecule has 136 valence electrons. The second-order valence-electron chi connectivity index (χ2n) is 6.65. The molecule has 2 N–H and O–H groups in total. The van der Waals surface area contributed by atoms with E-state index in [-0.39, 0.29) is 17.9 Å². The predicted octanol–water partition coefficient (Wildman–Crippen LogP) is 2.26. The molecule has 26 heavy (non-hydrogen) atoms. The molecule has 1 aliphatic heterocycles. The summed E-state index contributed by atoms with van der Waals surface area (Å²) in [6, 6.07) is 17.0. The summed E-state index contributed by atoms with van der Waals surface area (Å²) >= 11 is 0. The van der Waals surface area contributed by atoms with E-state index >= 15 is 0 Å². The normalized spacial score (nSPS) is 18.0. The van der Waals surface area contributed by atoms with Crippen molar-refractivity contribution in [2.75, 3.05) is 11.9 Å². The molecule has 0 saturated heterocycles. The van der Waals surface area contributed by atoms with Crippen molar-refractivity contribution >= 4 is 17.5 Å². The Morgan fingerprint density at radius 3 is 2.58 bits per heavy atom. The van der Waals surface area contributed by atoms with Gasteiger partial charge < -0.3 is 15.5 Å². The Kier molecular flexibility index (Phi) is 5.68. The van der Waals surface area contributed by atoms with Crippen molar-refractivity contribution in [3.63, 3.8) is 0 Å². The van der Waals surface area contributed by atoms with Crippen LogP contribution >= 0.6 is 0 Å². The lowest BCUT2D eigenvalue weighted by atomic mass is 10.1. The first-order valence-electron chi connectivity index (χ1n) is 9.01. The van der Waals surface area contributed by atoms with Gasteiger partial charge in [-0.1, -0.05) is 48.5 Å². The molecule has 0 aliphatic carbocycles. The van der Waals surface area contributed by atoms with Crippen LogP contribution in [0, 0.1) is 0 Å². The molecule has 0 fully saturated rings. The van der Waals surface area contributed by atoms with Gasteiger partial charge in [0.05, 0.1) is 12.6 Å². The summed E-state index contributed by atoms with van der Waals surface area (Å²) in [7, 11) is 1.73. The van der Waals surface area contributed by atoms with Crippen molar-refractivity contribution in [2.24, 2.45) is 0 Å². The van der Waals surface area contributed by atoms with Gasteiger partial charge in [-0.3, -0.25) is 9.59 Å². The molecule has 2 amide bonds. The minimum atomic E-state index is -0.519. The molecule has 2 aromatic rings. The SMILES string of the molecule is CN[C@@H](C)C(=O)NC1CCc2ccccc2N(Cc2ccccc2)C1=O. The highest BCUT2D eigenvalue weighted by atomic mass is 16.2. The molecule has 0 spiro atoms. The first-order valence-corrected chi connectivity index (χ1v) is 9.01. The number of anilines is 1. The molecule has 0 bridgehead atoms. The van der Waals surface area contributed by atoms with Gasteiger partial charge in [0.15, 0.2) is 0 Å². The zero-order valence-electron chi connectivity index (χ0n) is 15.2. The standard InChI is InChI=1S/C21H25N3O2/c1-15(22-2)20(25)23-18-13-12-17-10-6-7-11-19(17)24(21(18)26)14-16-8-4-3-5-9-16/h3-11,15,18,22H,12-14H2,1-2H3,(H,23,25)/t15-,18?/m0/s1. The molecule has 5 heteroatoms. The monoisotopic (exact) mass is 351 g/mol. The quantitative estimate of drug-likeness (QED) is 0.869. The minimum Gasteiger partial charge on any atom is -0.343 e. The summed E-state index contributed by atoms with van der Waals surface area (Å²) in [5.74, 6) is -0.216. The summed E-state index contributed by atoms with van der Waals surface area (Å²) in [6.45, 7) is 2.28. The Morgan fingerprint density at radius 2 is 1.85 bits per heavy atom. The Balaban J connectivity index is 1.89. The molecule has 3 rings (SSSR count). The number of hydrogen-bond acceptors (Lipinski definition) is 3. The van der Waals surface area contributed by atoms with E-state index < -0.39 is 6.04 Å². The van der Waals surface area contributed by atoms with Crippen LogP contribution in [0.25, 0.3) is 0 Å². The first-order chi connectivity index (χ1) is 12.6. The third-order valence-electron chi connectivity index (χ3n) is 4.88. The largest absolute Gasteiger partial charge is 0.343 e. The van der Waals surface area contributed by atoms with E-state index in [1.165, 1.54) is 0 Å². The third-order valence-corrected chi connectivity index (χ3v) is 4.88. The van der Waals surface area contributed by atoms with Crippen molar-refractivity contribution in [2.45, 2.75) is 38.4 Å². The van der Waals surface area contributed by atoms with Gasteiger partial charge in [-0.15, -0.1) is 0 Å². The summed E-state index contributed by atoms with van der Waals surface area (Å²) < 4.78 is 0. The van der Waals surface area contributed by atoms with E-state index in [0.717, 1.165) is 23.2 Å². The van der Waals surface area contributed by atoms with Crippen molar-refractivity contribution in [3.05, 3.63) is 65.7 Å². The van der Waals surface area contributed by atoms with Crippen molar-refractivity contribution in [1.82, 2.24) is 10.6 Å². The maximum atomic E-state index is 13.2. The number of amides is 2. The third kappa shape index (κ3) is 3.94. The Hall–Kier alpha value is -2.66. The highest BCUT2D eigenvalue weighted by Crippen LogP contribution is 2.28. The fourth-order valence-corrected chi connectivity index (χ4v) is 3.21. The highest BCUT2D eigenvalue weighted by molar-refractivity contribution is 6.00. The molecule has 0 radical (unpaired) electrons. The van der Waals surface area contributed by atoms with E-state index in [2.05, 4.69) is 16.7 Å². The van der Waals surface area contributed by atoms with E-state index in [1.807, 2.05) is 48.5 Å². The molecular formula is C21H25N3O2. The maximum Gasteiger partial charge on any atom is 0.249 e. The zero-order chi connectivity index (χ0) is 18.5. The van der Waals surface area contributed by atoms with Crippen LogP contribution in [0.4, 0.5) is 5.69 Å². The minimum absolute atomic E-state index is 0.0598. The molecule has 5 nitrogen and oxygen atoms in total. The van der Waals surface area contributed by atoms with Crippen LogP contribution in [-0.4, -0.2) is 30.9 Å². The molecule has 0 saturated carbocycles. The van der Waals surface area contributed by atoms with Crippen molar-refractivity contribution < 1.29 is 9.59 Å². The molecule has 2 aromatic carbocycles. The maximum absolute atomic E-state index is 13.2. The zero-order valence-corrected chi connectivity index (χ0v) is 15.2. The summed E-state index contributed by atoms with van der Waals surface area (Å²) in [6.07, 6.45) is 1.36. The lowest BCUT2D eigenvalue weighted by molar-refractivity contribution is -0.128. The van der Waals surface area contributed by atoms with Crippen LogP contribution in [0.1, 0.15) is 24.5 Å². The second kappa shape index (κ2) is 8.15. The average Bonchev–Trinajstić information content (AvgIpc) is 2.80. The number of para-hydroxylation sites is 1. The van der Waals surface area contributed by atoms with Gasteiger partial charge in [0.1, 0.15) is 6.04 Å². The van der Waals surface area contributed by atoms with E-state index in [1.54, 1.807) is 18.9 Å². The number of likely N-dealkylation sites (N-methyl/N-ethyl adjacent to an activating group) is 1. The molecule has 1 unspecified atom stereocenters. The Morgan fingerprint density at radius 1 is 1.15 bits per heavy atom. The number of nitrogens with zero attached hydrogens (tertiary/aromatic N) is 1. The van der Waals surface area contributed by atoms with Gasteiger partial charge in [-0.2, -0.15) is 0 Å². The Labute approximate surface area is 154 Å². The fraction of sp³-hybridized carbons (Fsp3) is 0.333. The summed E-state index contributed by atoms with van der Waals surface area (Å²) in [4.78, 5) is 27.3. The lowest BCUT2D eigenvalue weighted by Gasteiger charge is -2.27. The highest BCUT2D eigenvalue weighted by Gasteiger charge is 2.31. The molecule has 2 atom stereocenters. The smallest absolute Gasteiger partial charge is 0.249 e. The van der Waals surface area contributed by atoms with E-state index in [0.29, 0.717) is 13.0 Å². The number of hydrogen-bond donors (Lipinski definition) is 2. The van der Waals surface area contributed by atoms with Crippen molar-refractivity contribution in [3.8, 4) is 0 Å². The van der Waals surface area contributed by atoms with Crippen LogP contribution in [0.15, 0.2) is 54.6 Å². The number of benzene rings is 2. The first kappa shape index (κ1) is 18.1. The number of aryl methyl sites for hydroxylation is 1. The number of rotatable bonds is 5. The summed E-state index contributed by atoms with van der Waals surface area (Å²) in [5, 5.41) is 5.83. The average molecular weight is 351 g/mol. The molecule has 1 aliphatic rings. The van der Waals surface area contributed by atoms with E-state index in [9.17, 15) is 9.59 Å². The van der Waals surface area contributed by atoms with Gasteiger partial charge in [-0.05, 0) is 44.0 Å². The van der Waals surface area contributed by atoms with Gasteiger partial charge >= 0.3 is 0 Å². The van der Waals surface area contributed by atoms with Gasteiger partial charge in [0, 0.05) is 5.69 Å². The van der Waals surface area contributed by atoms with Crippen molar-refractivity contribution in [1.29, 1.82) is 0 Å². The second-order valence-corrected chi connectivity index (χ2v) is 6.65. The van der Waals surface area contributed by atoms with Crippen LogP contribution in [0.5, 0.6) is 0 Å². The fourth-order valence-electron chi connectivity index (χ4n) is 3.21. The van der Waals surface area contributed by atoms with Gasteiger partial charge in [-0.25, -0.2) is 0 Å². The van der Waals surface area contributed by atoms with Gasteiger partial charge in [0.25, 0.3) is 0 Å². The van der Waals surface area contributed by atoms with Crippen LogP contribution in [0.3, 0.4) is 0 Å². The molecule has 1 heterocycles. The molecule has 0 aromatic heterocycles.